The summed E-state index contributed by atoms with van der Waals surface area (Å²) in [5, 5.41) is 5.07. The Bertz CT molecular complexity index is 131. The van der Waals surface area contributed by atoms with Crippen LogP contribution in [0.4, 0.5) is 0 Å². The van der Waals surface area contributed by atoms with Gasteiger partial charge in [0.25, 0.3) is 5.91 Å². The number of alkyl halides is 1. The number of nitrogens with one attached hydrogen (secondary N) is 1. The van der Waals surface area contributed by atoms with Crippen LogP contribution in [-0.4, -0.2) is 16.9 Å². The Morgan fingerprint density at radius 3 is 3.00 bits per heavy atom. The molecule has 0 bridgehead atoms. The molecule has 0 aliphatic rings. The van der Waals surface area contributed by atoms with Crippen LogP contribution in [0.25, 0.3) is 0 Å². The third-order valence-corrected chi connectivity index (χ3v) is 0.682. The summed E-state index contributed by atoms with van der Waals surface area (Å²) < 4.78 is 0. The normalized spacial score (nSPS) is 7.12. The molecule has 0 unspecified atom stereocenters. The van der Waals surface area contributed by atoms with E-state index in [9.17, 15) is 4.79 Å². The van der Waals surface area contributed by atoms with Crippen molar-refractivity contribution >= 4 is 34.9 Å². The van der Waals surface area contributed by atoms with Gasteiger partial charge in [-0.15, -0.1) is 16.7 Å². The molecule has 3 nitrogen and oxygen atoms in total. The van der Waals surface area contributed by atoms with Crippen molar-refractivity contribution in [3.05, 3.63) is 0 Å². The van der Waals surface area contributed by atoms with Crippen molar-refractivity contribution in [2.45, 2.75) is 0 Å². The van der Waals surface area contributed by atoms with Gasteiger partial charge in [0, 0.05) is 0 Å². The first-order chi connectivity index (χ1) is 3.81. The number of carbonyl (C=O) groups excluding carboxylic acids is 1. The molecule has 44 valence electrons. The third-order valence-electron chi connectivity index (χ3n) is 0.348. The van der Waals surface area contributed by atoms with Crippen LogP contribution in [0, 0.1) is 0 Å². The lowest BCUT2D eigenvalue weighted by Crippen LogP contribution is -2.17. The molecule has 0 spiro atoms. The van der Waals surface area contributed by atoms with Gasteiger partial charge in [-0.1, -0.05) is 0 Å². The van der Waals surface area contributed by atoms with Crippen LogP contribution >= 0.6 is 23.8 Å². The molecule has 0 saturated heterocycles. The van der Waals surface area contributed by atoms with Gasteiger partial charge in [0.1, 0.15) is 5.88 Å². The average molecular weight is 151 g/mol. The lowest BCUT2D eigenvalue weighted by atomic mass is 10.8. The Morgan fingerprint density at radius 1 is 2.00 bits per heavy atom. The molecule has 1 N–H and O–H groups in total. The lowest BCUT2D eigenvalue weighted by Gasteiger charge is -1.86. The van der Waals surface area contributed by atoms with Gasteiger partial charge in [-0.3, -0.25) is 4.79 Å². The Kier molecular flexibility index (Phi) is 4.45. The van der Waals surface area contributed by atoms with Gasteiger partial charge >= 0.3 is 0 Å². The van der Waals surface area contributed by atoms with E-state index in [0.29, 0.717) is 0 Å². The molecule has 0 aliphatic carbocycles. The summed E-state index contributed by atoms with van der Waals surface area (Å²) in [6.07, 6.45) is 0. The SMILES string of the molecule is O=C(CCl)NN=C=S. The Morgan fingerprint density at radius 2 is 2.62 bits per heavy atom. The summed E-state index contributed by atoms with van der Waals surface area (Å²) in [5.74, 6) is -0.496. The molecule has 0 heterocycles. The average Bonchev–Trinajstić information content (AvgIpc) is 1.83. The minimum absolute atomic E-state index is 0.111. The second kappa shape index (κ2) is 4.71. The number of halogens is 1. The molecule has 8 heavy (non-hydrogen) atoms. The number of hydrogen-bond acceptors (Lipinski definition) is 3. The Balaban J connectivity index is 3.39. The summed E-state index contributed by atoms with van der Waals surface area (Å²) in [5.41, 5.74) is 2.02. The van der Waals surface area contributed by atoms with E-state index >= 15 is 0 Å². The van der Waals surface area contributed by atoms with E-state index in [4.69, 9.17) is 11.6 Å². The van der Waals surface area contributed by atoms with Crippen LogP contribution in [0.15, 0.2) is 5.10 Å². The number of hydrazone groups is 1. The second-order valence-electron chi connectivity index (χ2n) is 0.872. The van der Waals surface area contributed by atoms with Gasteiger partial charge in [-0.25, -0.2) is 5.43 Å². The number of carbonyl (C=O) groups is 1. The highest BCUT2D eigenvalue weighted by Gasteiger charge is 1.90. The number of nitrogens with zero attached hydrogens (tertiary/aromatic N) is 1. The minimum Gasteiger partial charge on any atom is -0.272 e. The summed E-state index contributed by atoms with van der Waals surface area (Å²) >= 11 is 9.20. The molecule has 0 rings (SSSR count). The van der Waals surface area contributed by atoms with Crippen LogP contribution in [0.3, 0.4) is 0 Å². The third kappa shape index (κ3) is 3.74. The topological polar surface area (TPSA) is 41.5 Å². The van der Waals surface area contributed by atoms with Crippen molar-refractivity contribution in [3.8, 4) is 0 Å². The zero-order chi connectivity index (χ0) is 6.41. The van der Waals surface area contributed by atoms with E-state index in [1.54, 1.807) is 0 Å². The first-order valence-corrected chi connectivity index (χ1v) is 2.67. The summed E-state index contributed by atoms with van der Waals surface area (Å²) in [4.78, 5) is 10.1. The molecular weight excluding hydrogens is 148 g/mol. The fourth-order valence-corrected chi connectivity index (χ4v) is 0.220. The molecular formula is C3H3ClN2OS. The molecule has 0 radical (unpaired) electrons. The van der Waals surface area contributed by atoms with Crippen LogP contribution in [0.5, 0.6) is 0 Å². The van der Waals surface area contributed by atoms with Gasteiger partial charge in [0.2, 0.25) is 0 Å². The highest BCUT2D eigenvalue weighted by atomic mass is 35.5. The Hall–Kier alpha value is -0.440. The van der Waals surface area contributed by atoms with Crippen molar-refractivity contribution in [2.24, 2.45) is 5.10 Å². The number of hydrogen-bond donors (Lipinski definition) is 1. The predicted molar refractivity (Wildman–Crippen MR) is 33.9 cm³/mol. The number of amides is 1. The predicted octanol–water partition coefficient (Wildman–Crippen LogP) is 0.359. The molecule has 0 fully saturated rings. The standard InChI is InChI=1S/C3H3ClN2OS/c4-1-3(7)6-5-2-8/h1H2,(H,6,7). The second-order valence-corrected chi connectivity index (χ2v) is 1.32. The van der Waals surface area contributed by atoms with Gasteiger partial charge in [0.05, 0.1) is 5.16 Å². The van der Waals surface area contributed by atoms with Gasteiger partial charge in [-0.05, 0) is 12.2 Å². The molecule has 0 aromatic heterocycles. The molecule has 0 aromatic rings. The zero-order valence-corrected chi connectivity index (χ0v) is 5.42. The highest BCUT2D eigenvalue weighted by Crippen LogP contribution is 1.71. The van der Waals surface area contributed by atoms with Crippen LogP contribution in [0.2, 0.25) is 0 Å². The fraction of sp³-hybridized carbons (Fsp3) is 0.333. The van der Waals surface area contributed by atoms with Crippen molar-refractivity contribution in [2.75, 3.05) is 5.88 Å². The number of thiocarbonyl (C=S) groups is 1. The van der Waals surface area contributed by atoms with Crippen molar-refractivity contribution in [1.82, 2.24) is 5.43 Å². The molecule has 0 aliphatic heterocycles. The van der Waals surface area contributed by atoms with Crippen LogP contribution in [0.1, 0.15) is 0 Å². The maximum atomic E-state index is 10.1. The van der Waals surface area contributed by atoms with E-state index in [0.717, 1.165) is 0 Å². The van der Waals surface area contributed by atoms with E-state index < -0.39 is 0 Å². The first kappa shape index (κ1) is 7.56. The maximum Gasteiger partial charge on any atom is 0.255 e. The van der Waals surface area contributed by atoms with E-state index in [1.165, 1.54) is 0 Å². The summed E-state index contributed by atoms with van der Waals surface area (Å²) in [6, 6.07) is 0. The lowest BCUT2D eigenvalue weighted by molar-refractivity contribution is -0.118. The first-order valence-electron chi connectivity index (χ1n) is 1.73. The van der Waals surface area contributed by atoms with Gasteiger partial charge in [0.15, 0.2) is 0 Å². The highest BCUT2D eigenvalue weighted by molar-refractivity contribution is 7.78. The van der Waals surface area contributed by atoms with E-state index in [1.807, 2.05) is 10.6 Å². The van der Waals surface area contributed by atoms with Crippen molar-refractivity contribution < 1.29 is 4.79 Å². The molecule has 0 atom stereocenters. The van der Waals surface area contributed by atoms with E-state index in [-0.39, 0.29) is 11.8 Å². The smallest absolute Gasteiger partial charge is 0.255 e. The number of isothiocyanates is 1. The summed E-state index contributed by atoms with van der Waals surface area (Å²) in [6.45, 7) is 0. The molecule has 0 saturated carbocycles. The van der Waals surface area contributed by atoms with Crippen molar-refractivity contribution in [1.29, 1.82) is 0 Å². The fourth-order valence-electron chi connectivity index (χ4n) is 0.115. The van der Waals surface area contributed by atoms with Crippen LogP contribution < -0.4 is 5.43 Å². The zero-order valence-electron chi connectivity index (χ0n) is 3.85. The maximum absolute atomic E-state index is 10.1. The summed E-state index contributed by atoms with van der Waals surface area (Å²) in [7, 11) is 0. The Labute approximate surface area is 56.7 Å². The minimum atomic E-state index is -0.385. The number of rotatable bonds is 2. The largest absolute Gasteiger partial charge is 0.272 e. The monoisotopic (exact) mass is 150 g/mol. The van der Waals surface area contributed by atoms with Gasteiger partial charge in [-0.2, -0.15) is 0 Å². The van der Waals surface area contributed by atoms with Gasteiger partial charge < -0.3 is 0 Å². The molecule has 5 heteroatoms. The molecule has 1 amide bonds. The molecule has 0 aromatic carbocycles. The van der Waals surface area contributed by atoms with Crippen molar-refractivity contribution in [3.63, 3.8) is 0 Å². The van der Waals surface area contributed by atoms with E-state index in [2.05, 4.69) is 17.3 Å². The quantitative estimate of drug-likeness (QED) is 0.267. The van der Waals surface area contributed by atoms with Crippen LogP contribution in [-0.2, 0) is 4.79 Å².